The van der Waals surface area contributed by atoms with Crippen LogP contribution in [-0.4, -0.2) is 26.5 Å². The van der Waals surface area contributed by atoms with Crippen molar-refractivity contribution in [2.45, 2.75) is 6.92 Å². The summed E-state index contributed by atoms with van der Waals surface area (Å²) < 4.78 is 1.59. The van der Waals surface area contributed by atoms with Crippen molar-refractivity contribution >= 4 is 17.5 Å². The Morgan fingerprint density at radius 1 is 0.909 bits per heavy atom. The second-order valence-corrected chi connectivity index (χ2v) is 7.20. The SMILES string of the molecule is Cc1ccc(C(=O)NNC(=O)c2cn(-c3ccccc3)nc2-c2ccccc2)cc1[N+](=O)[O-]. The molecule has 2 N–H and O–H groups in total. The molecule has 2 amide bonds. The lowest BCUT2D eigenvalue weighted by atomic mass is 10.1. The first-order valence-electron chi connectivity index (χ1n) is 10.0. The molecule has 9 nitrogen and oxygen atoms in total. The van der Waals surface area contributed by atoms with Crippen LogP contribution in [0.1, 0.15) is 26.3 Å². The summed E-state index contributed by atoms with van der Waals surface area (Å²) in [5, 5.41) is 15.7. The van der Waals surface area contributed by atoms with Gasteiger partial charge in [-0.2, -0.15) is 5.10 Å². The first-order valence-corrected chi connectivity index (χ1v) is 10.0. The first-order chi connectivity index (χ1) is 15.9. The van der Waals surface area contributed by atoms with Gasteiger partial charge in [-0.15, -0.1) is 0 Å². The average molecular weight is 441 g/mol. The molecule has 4 rings (SSSR count). The van der Waals surface area contributed by atoms with Crippen LogP contribution in [0.2, 0.25) is 0 Å². The molecular weight excluding hydrogens is 422 g/mol. The first kappa shape index (κ1) is 21.4. The van der Waals surface area contributed by atoms with Crippen LogP contribution >= 0.6 is 0 Å². The van der Waals surface area contributed by atoms with E-state index in [0.717, 1.165) is 11.3 Å². The Bertz CT molecular complexity index is 1330. The van der Waals surface area contributed by atoms with Gasteiger partial charge in [0, 0.05) is 29.0 Å². The molecule has 0 aliphatic rings. The van der Waals surface area contributed by atoms with E-state index < -0.39 is 16.7 Å². The Morgan fingerprint density at radius 2 is 1.55 bits per heavy atom. The molecule has 33 heavy (non-hydrogen) atoms. The molecule has 0 aliphatic heterocycles. The third-order valence-electron chi connectivity index (χ3n) is 4.98. The second-order valence-electron chi connectivity index (χ2n) is 7.20. The van der Waals surface area contributed by atoms with E-state index in [1.54, 1.807) is 17.8 Å². The van der Waals surface area contributed by atoms with Crippen LogP contribution in [0.25, 0.3) is 16.9 Å². The number of aromatic nitrogens is 2. The van der Waals surface area contributed by atoms with Crippen molar-refractivity contribution in [2.24, 2.45) is 0 Å². The monoisotopic (exact) mass is 441 g/mol. The number of nitro groups is 1. The summed E-state index contributed by atoms with van der Waals surface area (Å²) in [5.74, 6) is -1.26. The third-order valence-corrected chi connectivity index (χ3v) is 4.98. The van der Waals surface area contributed by atoms with Gasteiger partial charge < -0.3 is 0 Å². The van der Waals surface area contributed by atoms with E-state index in [4.69, 9.17) is 0 Å². The van der Waals surface area contributed by atoms with E-state index in [-0.39, 0.29) is 16.8 Å². The number of nitrogens with zero attached hydrogens (tertiary/aromatic N) is 3. The third kappa shape index (κ3) is 4.62. The molecule has 1 aromatic heterocycles. The lowest BCUT2D eigenvalue weighted by molar-refractivity contribution is -0.385. The fraction of sp³-hybridized carbons (Fsp3) is 0.0417. The van der Waals surface area contributed by atoms with Crippen molar-refractivity contribution in [3.8, 4) is 16.9 Å². The Morgan fingerprint density at radius 3 is 2.21 bits per heavy atom. The summed E-state index contributed by atoms with van der Waals surface area (Å²) in [4.78, 5) is 36.0. The van der Waals surface area contributed by atoms with Gasteiger partial charge in [0.25, 0.3) is 17.5 Å². The van der Waals surface area contributed by atoms with Gasteiger partial charge in [-0.25, -0.2) is 4.68 Å². The maximum absolute atomic E-state index is 13.0. The highest BCUT2D eigenvalue weighted by molar-refractivity contribution is 6.02. The van der Waals surface area contributed by atoms with E-state index in [2.05, 4.69) is 16.0 Å². The highest BCUT2D eigenvalue weighted by Gasteiger charge is 2.20. The molecule has 3 aromatic carbocycles. The van der Waals surface area contributed by atoms with Gasteiger partial charge in [-0.1, -0.05) is 54.6 Å². The van der Waals surface area contributed by atoms with Crippen molar-refractivity contribution in [1.82, 2.24) is 20.6 Å². The number of rotatable bonds is 5. The zero-order valence-corrected chi connectivity index (χ0v) is 17.6. The van der Waals surface area contributed by atoms with Gasteiger partial charge in [0.2, 0.25) is 0 Å². The van der Waals surface area contributed by atoms with Gasteiger partial charge in [0.15, 0.2) is 0 Å². The number of hydrogen-bond acceptors (Lipinski definition) is 5. The molecule has 0 spiro atoms. The lowest BCUT2D eigenvalue weighted by Gasteiger charge is -2.08. The van der Waals surface area contributed by atoms with Crippen LogP contribution in [0.4, 0.5) is 5.69 Å². The van der Waals surface area contributed by atoms with Crippen LogP contribution in [-0.2, 0) is 0 Å². The molecule has 0 saturated heterocycles. The van der Waals surface area contributed by atoms with Gasteiger partial charge in [-0.05, 0) is 25.1 Å². The van der Waals surface area contributed by atoms with E-state index in [0.29, 0.717) is 11.3 Å². The van der Waals surface area contributed by atoms with Gasteiger partial charge in [0.1, 0.15) is 5.69 Å². The molecule has 0 atom stereocenters. The minimum Gasteiger partial charge on any atom is -0.267 e. The molecule has 0 fully saturated rings. The predicted octanol–water partition coefficient (Wildman–Crippen LogP) is 3.83. The van der Waals surface area contributed by atoms with E-state index in [9.17, 15) is 19.7 Å². The Labute approximate surface area is 188 Å². The van der Waals surface area contributed by atoms with Gasteiger partial charge in [0.05, 0.1) is 16.2 Å². The average Bonchev–Trinajstić information content (AvgIpc) is 3.29. The second kappa shape index (κ2) is 9.15. The van der Waals surface area contributed by atoms with Crippen molar-refractivity contribution < 1.29 is 14.5 Å². The molecule has 4 aromatic rings. The Hall–Kier alpha value is -4.79. The number of carbonyl (C=O) groups is 2. The number of nitrogens with one attached hydrogen (secondary N) is 2. The maximum atomic E-state index is 13.0. The molecule has 9 heteroatoms. The molecule has 0 unspecified atom stereocenters. The van der Waals surface area contributed by atoms with Crippen LogP contribution in [0.15, 0.2) is 85.1 Å². The zero-order valence-electron chi connectivity index (χ0n) is 17.6. The fourth-order valence-electron chi connectivity index (χ4n) is 3.26. The number of benzene rings is 3. The van der Waals surface area contributed by atoms with Gasteiger partial charge >= 0.3 is 0 Å². The van der Waals surface area contributed by atoms with Crippen molar-refractivity contribution in [1.29, 1.82) is 0 Å². The van der Waals surface area contributed by atoms with Crippen LogP contribution in [0, 0.1) is 17.0 Å². The minimum atomic E-state index is -0.678. The lowest BCUT2D eigenvalue weighted by Crippen LogP contribution is -2.41. The zero-order chi connectivity index (χ0) is 23.4. The summed E-state index contributed by atoms with van der Waals surface area (Å²) in [7, 11) is 0. The predicted molar refractivity (Wildman–Crippen MR) is 122 cm³/mol. The van der Waals surface area contributed by atoms with Crippen LogP contribution < -0.4 is 10.9 Å². The van der Waals surface area contributed by atoms with Gasteiger partial charge in [-0.3, -0.25) is 30.6 Å². The van der Waals surface area contributed by atoms with Crippen LogP contribution in [0.3, 0.4) is 0 Å². The normalized spacial score (nSPS) is 10.5. The number of nitro benzene ring substituents is 1. The molecule has 0 radical (unpaired) electrons. The van der Waals surface area contributed by atoms with Crippen molar-refractivity contribution in [3.63, 3.8) is 0 Å². The number of hydrazine groups is 1. The quantitative estimate of drug-likeness (QED) is 0.360. The molecule has 0 saturated carbocycles. The number of para-hydroxylation sites is 1. The minimum absolute atomic E-state index is 0.0517. The molecule has 0 aliphatic carbocycles. The fourth-order valence-corrected chi connectivity index (χ4v) is 3.26. The van der Waals surface area contributed by atoms with Crippen molar-refractivity contribution in [3.05, 3.63) is 112 Å². The molecule has 1 heterocycles. The smallest absolute Gasteiger partial charge is 0.267 e. The summed E-state index contributed by atoms with van der Waals surface area (Å²) in [6, 6.07) is 22.6. The van der Waals surface area contributed by atoms with E-state index in [1.807, 2.05) is 60.7 Å². The largest absolute Gasteiger partial charge is 0.273 e. The molecular formula is C24H19N5O4. The number of carbonyl (C=O) groups excluding carboxylic acids is 2. The topological polar surface area (TPSA) is 119 Å². The molecule has 0 bridgehead atoms. The van der Waals surface area contributed by atoms with Crippen LogP contribution in [0.5, 0.6) is 0 Å². The van der Waals surface area contributed by atoms with E-state index in [1.165, 1.54) is 18.2 Å². The number of aryl methyl sites for hydroxylation is 1. The maximum Gasteiger partial charge on any atom is 0.273 e. The van der Waals surface area contributed by atoms with E-state index >= 15 is 0 Å². The Balaban J connectivity index is 1.59. The molecule has 164 valence electrons. The highest BCUT2D eigenvalue weighted by Crippen LogP contribution is 2.24. The summed E-state index contributed by atoms with van der Waals surface area (Å²) in [6.45, 7) is 1.58. The summed E-state index contributed by atoms with van der Waals surface area (Å²) in [6.07, 6.45) is 1.58. The summed E-state index contributed by atoms with van der Waals surface area (Å²) in [5.41, 5.74) is 7.19. The number of hydrogen-bond donors (Lipinski definition) is 2. The summed E-state index contributed by atoms with van der Waals surface area (Å²) >= 11 is 0. The number of amides is 2. The Kier molecular flexibility index (Phi) is 5.94. The standard InChI is InChI=1S/C24H19N5O4/c1-16-12-13-18(14-21(16)29(32)33)23(30)25-26-24(31)20-15-28(19-10-6-3-7-11-19)27-22(20)17-8-4-2-5-9-17/h2-15H,1H3,(H,25,30)(H,26,31). The highest BCUT2D eigenvalue weighted by atomic mass is 16.6. The van der Waals surface area contributed by atoms with Crippen molar-refractivity contribution in [2.75, 3.05) is 0 Å².